The standard InChI is InChI=1S/C18H21FN2O4S/c1-21(2)16(13-4-3-5-14(19)10-13)12-20-26(22,23)15-6-7-17-18(11-15)25-9-8-24-17/h3-7,10-11,16,20H,8-9,12H2,1-2H3/t16-/m1/s1. The fourth-order valence-electron chi connectivity index (χ4n) is 2.78. The van der Waals surface area contributed by atoms with E-state index in [4.69, 9.17) is 9.47 Å². The van der Waals surface area contributed by atoms with Crippen molar-refractivity contribution in [2.24, 2.45) is 0 Å². The van der Waals surface area contributed by atoms with Gasteiger partial charge in [0.1, 0.15) is 19.0 Å². The summed E-state index contributed by atoms with van der Waals surface area (Å²) in [5, 5.41) is 0. The van der Waals surface area contributed by atoms with Crippen LogP contribution in [0.4, 0.5) is 4.39 Å². The Morgan fingerprint density at radius 2 is 1.85 bits per heavy atom. The molecule has 8 heteroatoms. The van der Waals surface area contributed by atoms with Gasteiger partial charge in [0.05, 0.1) is 4.90 Å². The molecule has 0 saturated heterocycles. The van der Waals surface area contributed by atoms with E-state index in [0.29, 0.717) is 30.3 Å². The van der Waals surface area contributed by atoms with Gasteiger partial charge in [-0.25, -0.2) is 17.5 Å². The van der Waals surface area contributed by atoms with Crippen molar-refractivity contribution in [2.45, 2.75) is 10.9 Å². The van der Waals surface area contributed by atoms with Crippen LogP contribution in [0.3, 0.4) is 0 Å². The Balaban J connectivity index is 1.78. The average Bonchev–Trinajstić information content (AvgIpc) is 2.61. The summed E-state index contributed by atoms with van der Waals surface area (Å²) in [4.78, 5) is 1.93. The van der Waals surface area contributed by atoms with Crippen LogP contribution in [0.25, 0.3) is 0 Å². The zero-order chi connectivity index (χ0) is 18.7. The van der Waals surface area contributed by atoms with Crippen LogP contribution in [-0.4, -0.2) is 47.2 Å². The van der Waals surface area contributed by atoms with E-state index in [1.807, 2.05) is 19.0 Å². The van der Waals surface area contributed by atoms with E-state index in [9.17, 15) is 12.8 Å². The van der Waals surface area contributed by atoms with Gasteiger partial charge in [0.15, 0.2) is 11.5 Å². The lowest BCUT2D eigenvalue weighted by atomic mass is 10.1. The molecule has 0 spiro atoms. The summed E-state index contributed by atoms with van der Waals surface area (Å²) in [5.41, 5.74) is 0.694. The van der Waals surface area contributed by atoms with E-state index in [0.717, 1.165) is 0 Å². The molecule has 26 heavy (non-hydrogen) atoms. The minimum Gasteiger partial charge on any atom is -0.486 e. The molecule has 0 aromatic heterocycles. The number of ether oxygens (including phenoxy) is 2. The normalized spacial score (nSPS) is 15.1. The topological polar surface area (TPSA) is 67.9 Å². The molecule has 1 aliphatic rings. The van der Waals surface area contributed by atoms with Gasteiger partial charge in [-0.3, -0.25) is 0 Å². The predicted molar refractivity (Wildman–Crippen MR) is 95.4 cm³/mol. The number of hydrogen-bond donors (Lipinski definition) is 1. The monoisotopic (exact) mass is 380 g/mol. The molecule has 0 aliphatic carbocycles. The van der Waals surface area contributed by atoms with Gasteiger partial charge >= 0.3 is 0 Å². The van der Waals surface area contributed by atoms with Crippen LogP contribution in [0.5, 0.6) is 11.5 Å². The molecule has 0 fully saturated rings. The zero-order valence-corrected chi connectivity index (χ0v) is 15.4. The van der Waals surface area contributed by atoms with Crippen molar-refractivity contribution >= 4 is 10.0 Å². The molecule has 1 heterocycles. The Morgan fingerprint density at radius 3 is 2.54 bits per heavy atom. The van der Waals surface area contributed by atoms with Crippen LogP contribution >= 0.6 is 0 Å². The first-order valence-corrected chi connectivity index (χ1v) is 9.66. The van der Waals surface area contributed by atoms with Gasteiger partial charge < -0.3 is 14.4 Å². The molecular formula is C18H21FN2O4S. The molecule has 0 radical (unpaired) electrons. The summed E-state index contributed by atoms with van der Waals surface area (Å²) >= 11 is 0. The highest BCUT2D eigenvalue weighted by Gasteiger charge is 2.22. The average molecular weight is 380 g/mol. The highest BCUT2D eigenvalue weighted by atomic mass is 32.2. The van der Waals surface area contributed by atoms with E-state index >= 15 is 0 Å². The molecule has 3 rings (SSSR count). The summed E-state index contributed by atoms with van der Waals surface area (Å²) in [5.74, 6) is 0.582. The molecule has 1 N–H and O–H groups in total. The van der Waals surface area contributed by atoms with Gasteiger partial charge in [0, 0.05) is 18.7 Å². The molecule has 6 nitrogen and oxygen atoms in total. The highest BCUT2D eigenvalue weighted by molar-refractivity contribution is 7.89. The summed E-state index contributed by atoms with van der Waals surface area (Å²) < 4.78 is 52.2. The van der Waals surface area contributed by atoms with Gasteiger partial charge in [0.2, 0.25) is 10.0 Å². The van der Waals surface area contributed by atoms with Crippen LogP contribution in [0.1, 0.15) is 11.6 Å². The van der Waals surface area contributed by atoms with Crippen molar-refractivity contribution in [2.75, 3.05) is 33.9 Å². The Bertz CT molecular complexity index is 887. The molecule has 0 unspecified atom stereocenters. The van der Waals surface area contributed by atoms with Crippen molar-refractivity contribution < 1.29 is 22.3 Å². The Kier molecular flexibility index (Phi) is 5.45. The van der Waals surface area contributed by atoms with Crippen molar-refractivity contribution in [3.63, 3.8) is 0 Å². The lowest BCUT2D eigenvalue weighted by molar-refractivity contribution is 0.171. The van der Waals surface area contributed by atoms with Gasteiger partial charge in [-0.2, -0.15) is 0 Å². The second kappa shape index (κ2) is 7.61. The first-order chi connectivity index (χ1) is 12.4. The fraction of sp³-hybridized carbons (Fsp3) is 0.333. The molecule has 0 bridgehead atoms. The van der Waals surface area contributed by atoms with E-state index in [-0.39, 0.29) is 23.3 Å². The van der Waals surface area contributed by atoms with Gasteiger partial charge in [0.25, 0.3) is 0 Å². The van der Waals surface area contributed by atoms with Crippen LogP contribution < -0.4 is 14.2 Å². The second-order valence-corrected chi connectivity index (χ2v) is 7.96. The van der Waals surface area contributed by atoms with E-state index in [2.05, 4.69) is 4.72 Å². The zero-order valence-electron chi connectivity index (χ0n) is 14.6. The summed E-state index contributed by atoms with van der Waals surface area (Å²) in [7, 11) is -0.120. The van der Waals surface area contributed by atoms with Gasteiger partial charge in [-0.1, -0.05) is 12.1 Å². The van der Waals surface area contributed by atoms with Gasteiger partial charge in [-0.05, 0) is 43.9 Å². The first-order valence-electron chi connectivity index (χ1n) is 8.18. The van der Waals surface area contributed by atoms with Crippen LogP contribution in [-0.2, 0) is 10.0 Å². The molecule has 140 valence electrons. The number of halogens is 1. The number of likely N-dealkylation sites (N-methyl/N-ethyl adjacent to an activating group) is 1. The molecular weight excluding hydrogens is 359 g/mol. The third-order valence-electron chi connectivity index (χ3n) is 4.15. The van der Waals surface area contributed by atoms with Crippen molar-refractivity contribution in [1.29, 1.82) is 0 Å². The maximum absolute atomic E-state index is 13.5. The predicted octanol–water partition coefficient (Wildman–Crippen LogP) is 2.18. The number of nitrogens with zero attached hydrogens (tertiary/aromatic N) is 1. The smallest absolute Gasteiger partial charge is 0.240 e. The lowest BCUT2D eigenvalue weighted by Crippen LogP contribution is -2.34. The summed E-state index contributed by atoms with van der Waals surface area (Å²) in [6.45, 7) is 0.926. The second-order valence-electron chi connectivity index (χ2n) is 6.19. The maximum Gasteiger partial charge on any atom is 0.240 e. The minimum atomic E-state index is -3.75. The Morgan fingerprint density at radius 1 is 1.12 bits per heavy atom. The van der Waals surface area contributed by atoms with Crippen molar-refractivity contribution in [1.82, 2.24) is 9.62 Å². The number of fused-ring (bicyclic) bond motifs is 1. The fourth-order valence-corrected chi connectivity index (χ4v) is 3.83. The summed E-state index contributed by atoms with van der Waals surface area (Å²) in [6.07, 6.45) is 0. The molecule has 2 aromatic rings. The summed E-state index contributed by atoms with van der Waals surface area (Å²) in [6, 6.07) is 10.3. The minimum absolute atomic E-state index is 0.0958. The van der Waals surface area contributed by atoms with E-state index in [1.165, 1.54) is 24.3 Å². The third-order valence-corrected chi connectivity index (χ3v) is 5.57. The third kappa shape index (κ3) is 4.14. The van der Waals surface area contributed by atoms with E-state index < -0.39 is 10.0 Å². The molecule has 0 saturated carbocycles. The van der Waals surface area contributed by atoms with E-state index in [1.54, 1.807) is 18.2 Å². The highest BCUT2D eigenvalue weighted by Crippen LogP contribution is 2.32. The maximum atomic E-state index is 13.5. The molecule has 2 aromatic carbocycles. The Hall–Kier alpha value is -2.16. The quantitative estimate of drug-likeness (QED) is 0.832. The molecule has 1 atom stereocenters. The number of hydrogen-bond acceptors (Lipinski definition) is 5. The SMILES string of the molecule is CN(C)[C@H](CNS(=O)(=O)c1ccc2c(c1)OCCO2)c1cccc(F)c1. The Labute approximate surface area is 152 Å². The van der Waals surface area contributed by atoms with Gasteiger partial charge in [-0.15, -0.1) is 0 Å². The van der Waals surface area contributed by atoms with Crippen LogP contribution in [0.2, 0.25) is 0 Å². The van der Waals surface area contributed by atoms with Crippen molar-refractivity contribution in [3.05, 3.63) is 53.8 Å². The first kappa shape index (κ1) is 18.6. The lowest BCUT2D eigenvalue weighted by Gasteiger charge is -2.25. The molecule has 0 amide bonds. The number of nitrogens with one attached hydrogen (secondary N) is 1. The largest absolute Gasteiger partial charge is 0.486 e. The number of rotatable bonds is 6. The number of sulfonamides is 1. The molecule has 1 aliphatic heterocycles. The van der Waals surface area contributed by atoms with Crippen LogP contribution in [0, 0.1) is 5.82 Å². The van der Waals surface area contributed by atoms with Crippen molar-refractivity contribution in [3.8, 4) is 11.5 Å². The van der Waals surface area contributed by atoms with Crippen LogP contribution in [0.15, 0.2) is 47.4 Å². The number of benzene rings is 2.